The molecule has 0 radical (unpaired) electrons. The number of carbonyl (C=O) groups excluding carboxylic acids is 1. The van der Waals surface area contributed by atoms with E-state index in [4.69, 9.17) is 4.74 Å². The third-order valence-corrected chi connectivity index (χ3v) is 3.61. The number of carbonyl (C=O) groups is 1. The quantitative estimate of drug-likeness (QED) is 0.801. The van der Waals surface area contributed by atoms with Crippen LogP contribution in [0.15, 0.2) is 18.2 Å². The molecule has 0 aromatic heterocycles. The second-order valence-corrected chi connectivity index (χ2v) is 5.18. The van der Waals surface area contributed by atoms with Crippen LogP contribution >= 0.6 is 0 Å². The van der Waals surface area contributed by atoms with Gasteiger partial charge in [0, 0.05) is 24.7 Å². The lowest BCUT2D eigenvalue weighted by molar-refractivity contribution is -0.132. The molecule has 0 spiro atoms. The zero-order valence-corrected chi connectivity index (χ0v) is 13.9. The number of benzene rings is 1. The SMILES string of the molecule is CCNC(C)c1ccc(C)cc1OCC(=O)N(CC)CC. The van der Waals surface area contributed by atoms with E-state index < -0.39 is 0 Å². The van der Waals surface area contributed by atoms with Gasteiger partial charge in [0.2, 0.25) is 0 Å². The van der Waals surface area contributed by atoms with Crippen LogP contribution in [0, 0.1) is 6.92 Å². The summed E-state index contributed by atoms with van der Waals surface area (Å²) in [4.78, 5) is 13.8. The van der Waals surface area contributed by atoms with E-state index in [0.29, 0.717) is 13.1 Å². The van der Waals surface area contributed by atoms with Crippen molar-refractivity contribution in [3.05, 3.63) is 29.3 Å². The number of ether oxygens (including phenoxy) is 1. The molecule has 118 valence electrons. The maximum absolute atomic E-state index is 12.1. The molecule has 0 aliphatic rings. The van der Waals surface area contributed by atoms with Gasteiger partial charge in [-0.15, -0.1) is 0 Å². The fourth-order valence-corrected chi connectivity index (χ4v) is 2.35. The van der Waals surface area contributed by atoms with Gasteiger partial charge in [-0.3, -0.25) is 4.79 Å². The van der Waals surface area contributed by atoms with Crippen LogP contribution < -0.4 is 10.1 Å². The minimum atomic E-state index is 0.0311. The van der Waals surface area contributed by atoms with Crippen LogP contribution in [0.4, 0.5) is 0 Å². The van der Waals surface area contributed by atoms with E-state index >= 15 is 0 Å². The Morgan fingerprint density at radius 2 is 1.95 bits per heavy atom. The number of hydrogen-bond donors (Lipinski definition) is 1. The van der Waals surface area contributed by atoms with Gasteiger partial charge in [0.05, 0.1) is 0 Å². The number of rotatable bonds is 8. The molecule has 0 fully saturated rings. The highest BCUT2D eigenvalue weighted by molar-refractivity contribution is 5.77. The van der Waals surface area contributed by atoms with Crippen LogP contribution in [0.3, 0.4) is 0 Å². The Hall–Kier alpha value is -1.55. The summed E-state index contributed by atoms with van der Waals surface area (Å²) < 4.78 is 5.80. The van der Waals surface area contributed by atoms with Gasteiger partial charge in [-0.25, -0.2) is 0 Å². The average Bonchev–Trinajstić information content (AvgIpc) is 2.46. The number of likely N-dealkylation sites (N-methyl/N-ethyl adjacent to an activating group) is 1. The first-order valence-corrected chi connectivity index (χ1v) is 7.77. The molecule has 4 heteroatoms. The molecule has 1 unspecified atom stereocenters. The smallest absolute Gasteiger partial charge is 0.260 e. The van der Waals surface area contributed by atoms with Crippen molar-refractivity contribution in [2.75, 3.05) is 26.2 Å². The summed E-state index contributed by atoms with van der Waals surface area (Å²) in [6.07, 6.45) is 0. The molecule has 1 N–H and O–H groups in total. The first-order chi connectivity index (χ1) is 10.0. The lowest BCUT2D eigenvalue weighted by Crippen LogP contribution is -2.34. The first kappa shape index (κ1) is 17.5. The van der Waals surface area contributed by atoms with E-state index in [0.717, 1.165) is 23.4 Å². The third kappa shape index (κ3) is 5.05. The number of aryl methyl sites for hydroxylation is 1. The fourth-order valence-electron chi connectivity index (χ4n) is 2.35. The Labute approximate surface area is 128 Å². The van der Waals surface area contributed by atoms with Gasteiger partial charge < -0.3 is 15.0 Å². The summed E-state index contributed by atoms with van der Waals surface area (Å²) in [6.45, 7) is 12.6. The summed E-state index contributed by atoms with van der Waals surface area (Å²) >= 11 is 0. The van der Waals surface area contributed by atoms with Crippen molar-refractivity contribution < 1.29 is 9.53 Å². The van der Waals surface area contributed by atoms with Crippen molar-refractivity contribution in [3.63, 3.8) is 0 Å². The Kier molecular flexibility index (Phi) is 7.23. The molecule has 0 saturated heterocycles. The molecule has 0 saturated carbocycles. The minimum Gasteiger partial charge on any atom is -0.483 e. The molecule has 1 atom stereocenters. The second-order valence-electron chi connectivity index (χ2n) is 5.18. The summed E-state index contributed by atoms with van der Waals surface area (Å²) in [5.74, 6) is 0.826. The molecule has 1 rings (SSSR count). The monoisotopic (exact) mass is 292 g/mol. The largest absolute Gasteiger partial charge is 0.483 e. The van der Waals surface area contributed by atoms with Gasteiger partial charge in [-0.05, 0) is 45.9 Å². The maximum Gasteiger partial charge on any atom is 0.260 e. The van der Waals surface area contributed by atoms with E-state index in [1.807, 2.05) is 26.8 Å². The molecule has 1 amide bonds. The van der Waals surface area contributed by atoms with E-state index in [1.54, 1.807) is 4.90 Å². The van der Waals surface area contributed by atoms with Gasteiger partial charge >= 0.3 is 0 Å². The van der Waals surface area contributed by atoms with Crippen molar-refractivity contribution in [2.45, 2.75) is 40.7 Å². The standard InChI is InChI=1S/C17H28N2O2/c1-6-18-14(5)15-10-9-13(4)11-16(15)21-12-17(20)19(7-2)8-3/h9-11,14,18H,6-8,12H2,1-5H3. The van der Waals surface area contributed by atoms with E-state index in [-0.39, 0.29) is 18.6 Å². The van der Waals surface area contributed by atoms with Crippen LogP contribution in [0.1, 0.15) is 44.9 Å². The first-order valence-electron chi connectivity index (χ1n) is 7.77. The number of nitrogens with zero attached hydrogens (tertiary/aromatic N) is 1. The molecular formula is C17H28N2O2. The van der Waals surface area contributed by atoms with E-state index in [9.17, 15) is 4.79 Å². The molecular weight excluding hydrogens is 264 g/mol. The van der Waals surface area contributed by atoms with Crippen LogP contribution in [0.2, 0.25) is 0 Å². The molecule has 0 aliphatic carbocycles. The van der Waals surface area contributed by atoms with Crippen molar-refractivity contribution in [1.29, 1.82) is 0 Å². The molecule has 0 bridgehead atoms. The summed E-state index contributed by atoms with van der Waals surface area (Å²) in [7, 11) is 0. The van der Waals surface area contributed by atoms with Crippen molar-refractivity contribution in [2.24, 2.45) is 0 Å². The highest BCUT2D eigenvalue weighted by Crippen LogP contribution is 2.26. The Bertz CT molecular complexity index is 456. The predicted molar refractivity (Wildman–Crippen MR) is 86.7 cm³/mol. The van der Waals surface area contributed by atoms with Gasteiger partial charge in [-0.1, -0.05) is 19.1 Å². The van der Waals surface area contributed by atoms with Crippen molar-refractivity contribution >= 4 is 5.91 Å². The average molecular weight is 292 g/mol. The van der Waals surface area contributed by atoms with E-state index in [1.165, 1.54) is 0 Å². The lowest BCUT2D eigenvalue weighted by atomic mass is 10.0. The molecule has 1 aromatic rings. The number of amides is 1. The third-order valence-electron chi connectivity index (χ3n) is 3.61. The molecule has 21 heavy (non-hydrogen) atoms. The normalized spacial score (nSPS) is 12.0. The van der Waals surface area contributed by atoms with Gasteiger partial charge in [0.1, 0.15) is 5.75 Å². The highest BCUT2D eigenvalue weighted by Gasteiger charge is 2.14. The van der Waals surface area contributed by atoms with Gasteiger partial charge in [0.15, 0.2) is 6.61 Å². The Morgan fingerprint density at radius 3 is 2.52 bits per heavy atom. The zero-order chi connectivity index (χ0) is 15.8. The van der Waals surface area contributed by atoms with Crippen molar-refractivity contribution in [1.82, 2.24) is 10.2 Å². The summed E-state index contributed by atoms with van der Waals surface area (Å²) in [5, 5.41) is 3.38. The molecule has 0 heterocycles. The fraction of sp³-hybridized carbons (Fsp3) is 0.588. The topological polar surface area (TPSA) is 41.6 Å². The van der Waals surface area contributed by atoms with Crippen LogP contribution in [0.5, 0.6) is 5.75 Å². The van der Waals surface area contributed by atoms with E-state index in [2.05, 4.69) is 31.3 Å². The summed E-state index contributed by atoms with van der Waals surface area (Å²) in [5.41, 5.74) is 2.22. The summed E-state index contributed by atoms with van der Waals surface area (Å²) in [6, 6.07) is 6.34. The van der Waals surface area contributed by atoms with Crippen LogP contribution in [-0.4, -0.2) is 37.0 Å². The number of nitrogens with one attached hydrogen (secondary N) is 1. The highest BCUT2D eigenvalue weighted by atomic mass is 16.5. The number of hydrogen-bond acceptors (Lipinski definition) is 3. The second kappa shape index (κ2) is 8.67. The molecule has 0 aliphatic heterocycles. The Morgan fingerprint density at radius 1 is 1.29 bits per heavy atom. The molecule has 4 nitrogen and oxygen atoms in total. The van der Waals surface area contributed by atoms with Crippen molar-refractivity contribution in [3.8, 4) is 5.75 Å². The molecule has 1 aromatic carbocycles. The Balaban J connectivity index is 2.81. The van der Waals surface area contributed by atoms with Gasteiger partial charge in [-0.2, -0.15) is 0 Å². The van der Waals surface area contributed by atoms with Gasteiger partial charge in [0.25, 0.3) is 5.91 Å². The zero-order valence-electron chi connectivity index (χ0n) is 13.9. The predicted octanol–water partition coefficient (Wildman–Crippen LogP) is 2.91. The van der Waals surface area contributed by atoms with Crippen LogP contribution in [-0.2, 0) is 4.79 Å². The maximum atomic E-state index is 12.1. The minimum absolute atomic E-state index is 0.0311. The lowest BCUT2D eigenvalue weighted by Gasteiger charge is -2.21. The van der Waals surface area contributed by atoms with Crippen LogP contribution in [0.25, 0.3) is 0 Å².